The van der Waals surface area contributed by atoms with Crippen molar-refractivity contribution in [1.82, 2.24) is 25.6 Å². The lowest BCUT2D eigenvalue weighted by Gasteiger charge is -2.11. The summed E-state index contributed by atoms with van der Waals surface area (Å²) in [4.78, 5) is 22.0. The van der Waals surface area contributed by atoms with E-state index in [-0.39, 0.29) is 25.2 Å². The van der Waals surface area contributed by atoms with E-state index in [1.54, 1.807) is 0 Å². The first-order valence-corrected chi connectivity index (χ1v) is 7.02. The Hall–Kier alpha value is -1.77. The van der Waals surface area contributed by atoms with E-state index >= 15 is 0 Å². The van der Waals surface area contributed by atoms with Gasteiger partial charge >= 0.3 is 12.0 Å². The maximum Gasteiger partial charge on any atom is 0.325 e. The third kappa shape index (κ3) is 4.43. The molecule has 19 heavy (non-hydrogen) atoms. The van der Waals surface area contributed by atoms with Crippen molar-refractivity contribution in [3.63, 3.8) is 0 Å². The first kappa shape index (κ1) is 13.7. The summed E-state index contributed by atoms with van der Waals surface area (Å²) >= 11 is 1.82. The minimum absolute atomic E-state index is 0.227. The quantitative estimate of drug-likeness (QED) is 0.683. The predicted octanol–water partition coefficient (Wildman–Crippen LogP) is -0.333. The number of carbonyl (C=O) groups is 2. The number of hydrogen-bond acceptors (Lipinski definition) is 5. The molecule has 8 nitrogen and oxygen atoms in total. The van der Waals surface area contributed by atoms with Crippen LogP contribution in [0.3, 0.4) is 0 Å². The maximum atomic E-state index is 11.6. The van der Waals surface area contributed by atoms with E-state index in [2.05, 4.69) is 20.9 Å². The number of aliphatic carboxylic acids is 1. The third-order valence-electron chi connectivity index (χ3n) is 2.58. The monoisotopic (exact) mass is 285 g/mol. The van der Waals surface area contributed by atoms with E-state index in [4.69, 9.17) is 5.11 Å². The van der Waals surface area contributed by atoms with Crippen molar-refractivity contribution < 1.29 is 14.7 Å². The number of urea groups is 1. The second-order valence-corrected chi connectivity index (χ2v) is 5.34. The number of carboxylic acids is 1. The SMILES string of the molecule is O=C(O)Cn1cc(CNC(=O)NC2CCSC2)nn1. The van der Waals surface area contributed by atoms with E-state index < -0.39 is 5.97 Å². The molecule has 3 N–H and O–H groups in total. The van der Waals surface area contributed by atoms with Gasteiger partial charge in [0.15, 0.2) is 0 Å². The highest BCUT2D eigenvalue weighted by Crippen LogP contribution is 2.16. The molecular weight excluding hydrogens is 270 g/mol. The summed E-state index contributed by atoms with van der Waals surface area (Å²) in [6, 6.07) is -0.00650. The molecule has 1 saturated heterocycles. The molecule has 0 saturated carbocycles. The third-order valence-corrected chi connectivity index (χ3v) is 3.74. The highest BCUT2D eigenvalue weighted by Gasteiger charge is 2.17. The Morgan fingerprint density at radius 1 is 1.58 bits per heavy atom. The van der Waals surface area contributed by atoms with Gasteiger partial charge in [-0.15, -0.1) is 5.10 Å². The smallest absolute Gasteiger partial charge is 0.325 e. The molecule has 1 fully saturated rings. The topological polar surface area (TPSA) is 109 Å². The lowest BCUT2D eigenvalue weighted by atomic mass is 10.3. The lowest BCUT2D eigenvalue weighted by Crippen LogP contribution is -2.41. The number of amides is 2. The van der Waals surface area contributed by atoms with Crippen LogP contribution >= 0.6 is 11.8 Å². The first-order valence-electron chi connectivity index (χ1n) is 5.86. The van der Waals surface area contributed by atoms with Crippen molar-refractivity contribution in [2.45, 2.75) is 25.6 Å². The van der Waals surface area contributed by atoms with Gasteiger partial charge in [0.25, 0.3) is 0 Å². The van der Waals surface area contributed by atoms with Crippen molar-refractivity contribution in [1.29, 1.82) is 0 Å². The van der Waals surface area contributed by atoms with Gasteiger partial charge in [0, 0.05) is 11.8 Å². The Labute approximate surface area is 113 Å². The zero-order chi connectivity index (χ0) is 13.7. The number of carbonyl (C=O) groups excluding carboxylic acids is 1. The molecule has 1 unspecified atom stereocenters. The Morgan fingerprint density at radius 2 is 2.42 bits per heavy atom. The van der Waals surface area contributed by atoms with E-state index in [0.29, 0.717) is 5.69 Å². The van der Waals surface area contributed by atoms with Crippen LogP contribution < -0.4 is 10.6 Å². The molecule has 1 atom stereocenters. The van der Waals surface area contributed by atoms with Crippen LogP contribution in [0.1, 0.15) is 12.1 Å². The molecule has 1 aliphatic rings. The summed E-state index contributed by atoms with van der Waals surface area (Å²) in [5, 5.41) is 21.5. The van der Waals surface area contributed by atoms with Crippen LogP contribution in [-0.2, 0) is 17.9 Å². The van der Waals surface area contributed by atoms with Crippen LogP contribution in [0.25, 0.3) is 0 Å². The summed E-state index contributed by atoms with van der Waals surface area (Å²) in [5.74, 6) is 1.04. The van der Waals surface area contributed by atoms with Crippen molar-refractivity contribution >= 4 is 23.8 Å². The largest absolute Gasteiger partial charge is 0.480 e. The van der Waals surface area contributed by atoms with Crippen LogP contribution in [0.15, 0.2) is 6.20 Å². The van der Waals surface area contributed by atoms with Crippen LogP contribution in [0.4, 0.5) is 4.79 Å². The summed E-state index contributed by atoms with van der Waals surface area (Å²) in [6.45, 7) is -0.0101. The highest BCUT2D eigenvalue weighted by atomic mass is 32.2. The fraction of sp³-hybridized carbons (Fsp3) is 0.600. The minimum Gasteiger partial charge on any atom is -0.480 e. The van der Waals surface area contributed by atoms with Crippen molar-refractivity contribution in [2.24, 2.45) is 0 Å². The Kier molecular flexibility index (Phi) is 4.61. The molecule has 0 radical (unpaired) electrons. The summed E-state index contributed by atoms with van der Waals surface area (Å²) in [6.07, 6.45) is 2.49. The second-order valence-electron chi connectivity index (χ2n) is 4.19. The van der Waals surface area contributed by atoms with Gasteiger partial charge in [0.2, 0.25) is 0 Å². The lowest BCUT2D eigenvalue weighted by molar-refractivity contribution is -0.137. The normalized spacial score (nSPS) is 18.2. The molecule has 0 aromatic carbocycles. The standard InChI is InChI=1S/C10H15N5O3S/c16-9(17)5-15-4-8(13-14-15)3-11-10(18)12-7-1-2-19-6-7/h4,7H,1-3,5-6H2,(H,16,17)(H2,11,12,18). The molecule has 0 spiro atoms. The molecule has 0 aliphatic carbocycles. The van der Waals surface area contributed by atoms with Crippen molar-refractivity contribution in [2.75, 3.05) is 11.5 Å². The van der Waals surface area contributed by atoms with Gasteiger partial charge in [-0.3, -0.25) is 4.79 Å². The van der Waals surface area contributed by atoms with Gasteiger partial charge < -0.3 is 15.7 Å². The van der Waals surface area contributed by atoms with Gasteiger partial charge in [-0.05, 0) is 12.2 Å². The summed E-state index contributed by atoms with van der Waals surface area (Å²) in [5.41, 5.74) is 0.525. The van der Waals surface area contributed by atoms with Gasteiger partial charge in [0.05, 0.1) is 12.7 Å². The minimum atomic E-state index is -0.985. The van der Waals surface area contributed by atoms with Gasteiger partial charge in [0.1, 0.15) is 12.2 Å². The average Bonchev–Trinajstić information content (AvgIpc) is 2.97. The molecular formula is C10H15N5O3S. The van der Waals surface area contributed by atoms with Gasteiger partial charge in [-0.2, -0.15) is 11.8 Å². The molecule has 9 heteroatoms. The van der Waals surface area contributed by atoms with Crippen molar-refractivity contribution in [3.05, 3.63) is 11.9 Å². The van der Waals surface area contributed by atoms with E-state index in [9.17, 15) is 9.59 Å². The molecule has 1 aromatic rings. The Bertz CT molecular complexity index is 458. The van der Waals surface area contributed by atoms with E-state index in [1.807, 2.05) is 11.8 Å². The summed E-state index contributed by atoms with van der Waals surface area (Å²) < 4.78 is 1.21. The zero-order valence-corrected chi connectivity index (χ0v) is 11.0. The van der Waals surface area contributed by atoms with Gasteiger partial charge in [-0.1, -0.05) is 5.21 Å². The molecule has 1 aromatic heterocycles. The molecule has 2 amide bonds. The van der Waals surface area contributed by atoms with Crippen LogP contribution in [0.5, 0.6) is 0 Å². The van der Waals surface area contributed by atoms with E-state index in [0.717, 1.165) is 17.9 Å². The van der Waals surface area contributed by atoms with Crippen LogP contribution in [-0.4, -0.2) is 49.6 Å². The number of hydrogen-bond donors (Lipinski definition) is 3. The number of carboxylic acid groups (broad SMARTS) is 1. The molecule has 2 heterocycles. The highest BCUT2D eigenvalue weighted by molar-refractivity contribution is 7.99. The molecule has 0 bridgehead atoms. The first-order chi connectivity index (χ1) is 9.13. The number of aromatic nitrogens is 3. The number of thioether (sulfide) groups is 1. The molecule has 2 rings (SSSR count). The fourth-order valence-electron chi connectivity index (χ4n) is 1.69. The average molecular weight is 285 g/mol. The number of nitrogens with zero attached hydrogens (tertiary/aromatic N) is 3. The van der Waals surface area contributed by atoms with Crippen LogP contribution in [0.2, 0.25) is 0 Å². The maximum absolute atomic E-state index is 11.6. The molecule has 1 aliphatic heterocycles. The summed E-state index contributed by atoms with van der Waals surface area (Å²) in [7, 11) is 0. The molecule has 104 valence electrons. The zero-order valence-electron chi connectivity index (χ0n) is 10.2. The van der Waals surface area contributed by atoms with Gasteiger partial charge in [-0.25, -0.2) is 9.48 Å². The fourth-order valence-corrected chi connectivity index (χ4v) is 2.84. The van der Waals surface area contributed by atoms with Crippen molar-refractivity contribution in [3.8, 4) is 0 Å². The number of rotatable bonds is 5. The Morgan fingerprint density at radius 3 is 3.11 bits per heavy atom. The van der Waals surface area contributed by atoms with Crippen LogP contribution in [0, 0.1) is 0 Å². The Balaban J connectivity index is 1.73. The predicted molar refractivity (Wildman–Crippen MR) is 68.8 cm³/mol. The number of nitrogens with one attached hydrogen (secondary N) is 2. The van der Waals surface area contributed by atoms with E-state index in [1.165, 1.54) is 10.9 Å². The second kappa shape index (κ2) is 6.41.